The van der Waals surface area contributed by atoms with Crippen molar-refractivity contribution in [1.29, 1.82) is 0 Å². The molecule has 3 aromatic carbocycles. The lowest BCUT2D eigenvalue weighted by molar-refractivity contribution is -0.118. The summed E-state index contributed by atoms with van der Waals surface area (Å²) in [7, 11) is 0. The highest BCUT2D eigenvalue weighted by Crippen LogP contribution is 2.29. The molecule has 2 N–H and O–H groups in total. The Bertz CT molecular complexity index is 984. The summed E-state index contributed by atoms with van der Waals surface area (Å²) in [5.74, 6) is 0.214. The minimum atomic E-state index is -0.272. The van der Waals surface area contributed by atoms with Crippen LogP contribution in [-0.4, -0.2) is 18.4 Å². The summed E-state index contributed by atoms with van der Waals surface area (Å²) in [6.45, 7) is 3.17. The van der Waals surface area contributed by atoms with Crippen LogP contribution in [0, 0.1) is 6.92 Å². The number of carbonyl (C=O) groups is 2. The molecule has 0 atom stereocenters. The van der Waals surface area contributed by atoms with Gasteiger partial charge in [0.05, 0.1) is 0 Å². The number of nitrogens with one attached hydrogen (secondary N) is 2. The van der Waals surface area contributed by atoms with Gasteiger partial charge in [0, 0.05) is 23.9 Å². The van der Waals surface area contributed by atoms with Gasteiger partial charge in [-0.25, -0.2) is 0 Å². The Morgan fingerprint density at radius 2 is 1.46 bits per heavy atom. The van der Waals surface area contributed by atoms with Crippen molar-refractivity contribution < 1.29 is 14.3 Å². The molecule has 0 bridgehead atoms. The second-order valence-electron chi connectivity index (χ2n) is 6.36. The molecule has 2 amide bonds. The van der Waals surface area contributed by atoms with Gasteiger partial charge >= 0.3 is 0 Å². The van der Waals surface area contributed by atoms with Gasteiger partial charge in [-0.3, -0.25) is 9.59 Å². The van der Waals surface area contributed by atoms with Gasteiger partial charge in [0.15, 0.2) is 6.61 Å². The molecule has 0 spiro atoms. The molecule has 0 unspecified atom stereocenters. The summed E-state index contributed by atoms with van der Waals surface area (Å²) >= 11 is 0. The fourth-order valence-electron chi connectivity index (χ4n) is 2.87. The molecule has 0 aliphatic rings. The van der Waals surface area contributed by atoms with Crippen LogP contribution in [0.15, 0.2) is 72.8 Å². The van der Waals surface area contributed by atoms with Gasteiger partial charge in [0.25, 0.3) is 5.91 Å². The maximum atomic E-state index is 12.4. The molecule has 5 nitrogen and oxygen atoms in total. The summed E-state index contributed by atoms with van der Waals surface area (Å²) in [6, 6.07) is 22.9. The molecule has 0 radical (unpaired) electrons. The fourth-order valence-corrected chi connectivity index (χ4v) is 2.87. The van der Waals surface area contributed by atoms with Crippen LogP contribution in [0.1, 0.15) is 12.5 Å². The van der Waals surface area contributed by atoms with E-state index in [2.05, 4.69) is 10.6 Å². The summed E-state index contributed by atoms with van der Waals surface area (Å²) < 4.78 is 5.78. The van der Waals surface area contributed by atoms with E-state index in [0.29, 0.717) is 17.1 Å². The van der Waals surface area contributed by atoms with Crippen molar-refractivity contribution in [3.63, 3.8) is 0 Å². The van der Waals surface area contributed by atoms with Gasteiger partial charge in [-0.1, -0.05) is 54.6 Å². The molecule has 5 heteroatoms. The van der Waals surface area contributed by atoms with E-state index in [4.69, 9.17) is 4.74 Å². The van der Waals surface area contributed by atoms with Crippen LogP contribution in [0.5, 0.6) is 5.75 Å². The molecule has 0 aliphatic heterocycles. The number of rotatable bonds is 6. The van der Waals surface area contributed by atoms with Crippen molar-refractivity contribution >= 4 is 23.2 Å². The summed E-state index contributed by atoms with van der Waals surface area (Å²) in [5.41, 5.74) is 4.05. The van der Waals surface area contributed by atoms with Crippen LogP contribution in [0.2, 0.25) is 0 Å². The van der Waals surface area contributed by atoms with Crippen molar-refractivity contribution in [2.24, 2.45) is 0 Å². The monoisotopic (exact) mass is 374 g/mol. The first-order chi connectivity index (χ1) is 13.5. The van der Waals surface area contributed by atoms with E-state index in [1.165, 1.54) is 6.92 Å². The fraction of sp³-hybridized carbons (Fsp3) is 0.130. The van der Waals surface area contributed by atoms with Gasteiger partial charge in [0.2, 0.25) is 5.91 Å². The van der Waals surface area contributed by atoms with E-state index in [-0.39, 0.29) is 18.4 Å². The van der Waals surface area contributed by atoms with Crippen LogP contribution in [-0.2, 0) is 9.59 Å². The molecule has 0 aliphatic carbocycles. The number of carbonyl (C=O) groups excluding carboxylic acids is 2. The van der Waals surface area contributed by atoms with E-state index >= 15 is 0 Å². The van der Waals surface area contributed by atoms with Crippen molar-refractivity contribution in [2.45, 2.75) is 13.8 Å². The number of hydrogen-bond donors (Lipinski definition) is 2. The highest BCUT2D eigenvalue weighted by molar-refractivity contribution is 5.95. The first-order valence-electron chi connectivity index (χ1n) is 8.99. The topological polar surface area (TPSA) is 67.4 Å². The van der Waals surface area contributed by atoms with Crippen LogP contribution in [0.4, 0.5) is 11.4 Å². The van der Waals surface area contributed by atoms with E-state index in [0.717, 1.165) is 16.7 Å². The predicted octanol–water partition coefficient (Wildman–Crippen LogP) is 4.64. The molecule has 0 aromatic heterocycles. The summed E-state index contributed by atoms with van der Waals surface area (Å²) in [6.07, 6.45) is 0. The minimum absolute atomic E-state index is 0.117. The van der Waals surface area contributed by atoms with Crippen LogP contribution in [0.3, 0.4) is 0 Å². The molecular weight excluding hydrogens is 352 g/mol. The molecular formula is C23H22N2O3. The number of para-hydroxylation sites is 1. The Hall–Kier alpha value is -3.60. The standard InChI is InChI=1S/C23H22N2O3/c1-16-20(24-17(2)26)12-8-13-21(16)25-23(27)15-28-22-14-7-6-11-19(22)18-9-4-3-5-10-18/h3-14H,15H2,1-2H3,(H,24,26)(H,25,27). The second kappa shape index (κ2) is 8.86. The van der Waals surface area contributed by atoms with Crippen molar-refractivity contribution in [3.05, 3.63) is 78.4 Å². The van der Waals surface area contributed by atoms with Crippen LogP contribution >= 0.6 is 0 Å². The molecule has 3 aromatic rings. The molecule has 3 rings (SSSR count). The minimum Gasteiger partial charge on any atom is -0.483 e. The lowest BCUT2D eigenvalue weighted by atomic mass is 10.1. The Morgan fingerprint density at radius 3 is 2.18 bits per heavy atom. The third kappa shape index (κ3) is 4.76. The zero-order valence-corrected chi connectivity index (χ0v) is 15.9. The average Bonchev–Trinajstić information content (AvgIpc) is 2.70. The number of ether oxygens (including phenoxy) is 1. The lowest BCUT2D eigenvalue weighted by Gasteiger charge is -2.14. The van der Waals surface area contributed by atoms with Gasteiger partial charge in [0.1, 0.15) is 5.75 Å². The lowest BCUT2D eigenvalue weighted by Crippen LogP contribution is -2.21. The molecule has 0 heterocycles. The van der Waals surface area contributed by atoms with E-state index < -0.39 is 0 Å². The zero-order valence-electron chi connectivity index (χ0n) is 15.9. The molecule has 28 heavy (non-hydrogen) atoms. The first kappa shape index (κ1) is 19.2. The van der Waals surface area contributed by atoms with Crippen LogP contribution in [0.25, 0.3) is 11.1 Å². The smallest absolute Gasteiger partial charge is 0.262 e. The molecule has 0 fully saturated rings. The van der Waals surface area contributed by atoms with Crippen molar-refractivity contribution in [3.8, 4) is 16.9 Å². The average molecular weight is 374 g/mol. The second-order valence-corrected chi connectivity index (χ2v) is 6.36. The van der Waals surface area contributed by atoms with Gasteiger partial charge in [-0.05, 0) is 36.2 Å². The molecule has 0 saturated carbocycles. The SMILES string of the molecule is CC(=O)Nc1cccc(NC(=O)COc2ccccc2-c2ccccc2)c1C. The van der Waals surface area contributed by atoms with E-state index in [1.807, 2.05) is 61.5 Å². The molecule has 0 saturated heterocycles. The largest absolute Gasteiger partial charge is 0.483 e. The number of amides is 2. The van der Waals surface area contributed by atoms with Gasteiger partial charge < -0.3 is 15.4 Å². The van der Waals surface area contributed by atoms with E-state index in [1.54, 1.807) is 18.2 Å². The Labute approximate surface area is 164 Å². The number of hydrogen-bond acceptors (Lipinski definition) is 3. The Morgan fingerprint density at radius 1 is 0.821 bits per heavy atom. The number of anilines is 2. The predicted molar refractivity (Wildman–Crippen MR) is 111 cm³/mol. The van der Waals surface area contributed by atoms with Crippen molar-refractivity contribution in [1.82, 2.24) is 0 Å². The third-order valence-electron chi connectivity index (χ3n) is 4.25. The Balaban J connectivity index is 1.69. The first-order valence-corrected chi connectivity index (χ1v) is 8.99. The van der Waals surface area contributed by atoms with E-state index in [9.17, 15) is 9.59 Å². The van der Waals surface area contributed by atoms with Gasteiger partial charge in [-0.2, -0.15) is 0 Å². The maximum absolute atomic E-state index is 12.4. The maximum Gasteiger partial charge on any atom is 0.262 e. The third-order valence-corrected chi connectivity index (χ3v) is 4.25. The summed E-state index contributed by atoms with van der Waals surface area (Å²) in [5, 5.41) is 5.59. The normalized spacial score (nSPS) is 10.2. The van der Waals surface area contributed by atoms with Gasteiger partial charge in [-0.15, -0.1) is 0 Å². The zero-order chi connectivity index (χ0) is 19.9. The van der Waals surface area contributed by atoms with Crippen LogP contribution < -0.4 is 15.4 Å². The quantitative estimate of drug-likeness (QED) is 0.661. The highest BCUT2D eigenvalue weighted by atomic mass is 16.5. The van der Waals surface area contributed by atoms with Crippen molar-refractivity contribution in [2.75, 3.05) is 17.2 Å². The number of benzene rings is 3. The summed E-state index contributed by atoms with van der Waals surface area (Å²) in [4.78, 5) is 23.7. The molecule has 142 valence electrons. The highest BCUT2D eigenvalue weighted by Gasteiger charge is 2.11. The Kier molecular flexibility index (Phi) is 6.07.